The summed E-state index contributed by atoms with van der Waals surface area (Å²) in [6, 6.07) is 0. The minimum absolute atomic E-state index is 0.186. The van der Waals surface area contributed by atoms with E-state index in [-0.39, 0.29) is 5.41 Å². The van der Waals surface area contributed by atoms with Gasteiger partial charge in [-0.05, 0) is 51.0 Å². The van der Waals surface area contributed by atoms with Crippen molar-refractivity contribution in [1.29, 1.82) is 0 Å². The predicted octanol–water partition coefficient (Wildman–Crippen LogP) is 0.790. The standard InChI is InChI=1S/C16H36N2O4/c1-11(6-8-17)10-16(4,5)7-9-18-22-13(3)15(21)14(20)12(2)19/h11-15,18-21H,6-10,17H2,1-5H3/t11?,12-,13?,14?,15?/m1/s1. The van der Waals surface area contributed by atoms with Crippen LogP contribution in [0.15, 0.2) is 0 Å². The van der Waals surface area contributed by atoms with Crippen LogP contribution in [-0.4, -0.2) is 52.8 Å². The smallest absolute Gasteiger partial charge is 0.110 e. The molecule has 0 heterocycles. The molecule has 0 saturated heterocycles. The lowest BCUT2D eigenvalue weighted by Crippen LogP contribution is -2.45. The fourth-order valence-corrected chi connectivity index (χ4v) is 2.64. The number of nitrogens with two attached hydrogens (primary N) is 1. The van der Waals surface area contributed by atoms with Gasteiger partial charge in [0, 0.05) is 6.54 Å². The van der Waals surface area contributed by atoms with Crippen molar-refractivity contribution in [1.82, 2.24) is 5.48 Å². The molecule has 22 heavy (non-hydrogen) atoms. The number of hydroxylamine groups is 1. The van der Waals surface area contributed by atoms with E-state index in [1.807, 2.05) is 0 Å². The van der Waals surface area contributed by atoms with Crippen LogP contribution in [0.5, 0.6) is 0 Å². The van der Waals surface area contributed by atoms with Crippen LogP contribution in [0, 0.1) is 11.3 Å². The van der Waals surface area contributed by atoms with Gasteiger partial charge < -0.3 is 21.1 Å². The summed E-state index contributed by atoms with van der Waals surface area (Å²) in [5.41, 5.74) is 8.61. The molecule has 0 fully saturated rings. The molecule has 134 valence electrons. The van der Waals surface area contributed by atoms with Crippen LogP contribution in [-0.2, 0) is 4.84 Å². The van der Waals surface area contributed by atoms with E-state index >= 15 is 0 Å². The van der Waals surface area contributed by atoms with E-state index in [2.05, 4.69) is 26.3 Å². The molecule has 0 aliphatic carbocycles. The van der Waals surface area contributed by atoms with E-state index in [1.54, 1.807) is 6.92 Å². The van der Waals surface area contributed by atoms with Crippen molar-refractivity contribution < 1.29 is 20.2 Å². The maximum atomic E-state index is 9.81. The highest BCUT2D eigenvalue weighted by Crippen LogP contribution is 2.29. The Hall–Kier alpha value is -0.240. The van der Waals surface area contributed by atoms with Crippen molar-refractivity contribution in [2.24, 2.45) is 17.1 Å². The molecule has 6 nitrogen and oxygen atoms in total. The summed E-state index contributed by atoms with van der Waals surface area (Å²) >= 11 is 0. The summed E-state index contributed by atoms with van der Waals surface area (Å²) < 4.78 is 0. The molecule has 0 bridgehead atoms. The number of hydrogen-bond donors (Lipinski definition) is 5. The number of aliphatic hydroxyl groups excluding tert-OH is 3. The number of aliphatic hydroxyl groups is 3. The van der Waals surface area contributed by atoms with Crippen LogP contribution >= 0.6 is 0 Å². The molecule has 0 aromatic rings. The lowest BCUT2D eigenvalue weighted by Gasteiger charge is -2.29. The fraction of sp³-hybridized carbons (Fsp3) is 1.00. The van der Waals surface area contributed by atoms with Crippen molar-refractivity contribution in [3.63, 3.8) is 0 Å². The number of hydrogen-bond acceptors (Lipinski definition) is 6. The second-order valence-electron chi connectivity index (χ2n) is 7.24. The zero-order valence-electron chi connectivity index (χ0n) is 14.7. The molecule has 6 N–H and O–H groups in total. The first kappa shape index (κ1) is 21.8. The van der Waals surface area contributed by atoms with Crippen LogP contribution in [0.4, 0.5) is 0 Å². The predicted molar refractivity (Wildman–Crippen MR) is 88.1 cm³/mol. The lowest BCUT2D eigenvalue weighted by molar-refractivity contribution is -0.137. The summed E-state index contributed by atoms with van der Waals surface area (Å²) in [5.74, 6) is 0.600. The van der Waals surface area contributed by atoms with Gasteiger partial charge >= 0.3 is 0 Å². The SMILES string of the molecule is CC(CCN)CC(C)(C)CCNOC(C)C(O)C(O)[C@@H](C)O. The van der Waals surface area contributed by atoms with Gasteiger partial charge in [-0.15, -0.1) is 0 Å². The third kappa shape index (κ3) is 9.02. The molecule has 0 aromatic heterocycles. The minimum atomic E-state index is -1.22. The van der Waals surface area contributed by atoms with Gasteiger partial charge in [0.25, 0.3) is 0 Å². The monoisotopic (exact) mass is 320 g/mol. The molecule has 0 rings (SSSR count). The van der Waals surface area contributed by atoms with Crippen molar-refractivity contribution >= 4 is 0 Å². The highest BCUT2D eigenvalue weighted by Gasteiger charge is 2.27. The Labute approximate surface area is 135 Å². The highest BCUT2D eigenvalue weighted by atomic mass is 16.7. The van der Waals surface area contributed by atoms with Crippen LogP contribution in [0.25, 0.3) is 0 Å². The largest absolute Gasteiger partial charge is 0.391 e. The summed E-state index contributed by atoms with van der Waals surface area (Å²) in [6.45, 7) is 11.1. The van der Waals surface area contributed by atoms with E-state index in [0.29, 0.717) is 12.5 Å². The average molecular weight is 320 g/mol. The van der Waals surface area contributed by atoms with E-state index in [1.165, 1.54) is 6.92 Å². The average Bonchev–Trinajstić information content (AvgIpc) is 2.41. The zero-order chi connectivity index (χ0) is 17.3. The van der Waals surface area contributed by atoms with Gasteiger partial charge in [0.1, 0.15) is 18.3 Å². The van der Waals surface area contributed by atoms with Gasteiger partial charge in [-0.25, -0.2) is 5.48 Å². The zero-order valence-corrected chi connectivity index (χ0v) is 14.7. The highest BCUT2D eigenvalue weighted by molar-refractivity contribution is 4.77. The van der Waals surface area contributed by atoms with E-state index in [0.717, 1.165) is 25.8 Å². The third-order valence-corrected chi connectivity index (χ3v) is 4.06. The second kappa shape index (κ2) is 10.5. The molecule has 0 amide bonds. The molecule has 5 atom stereocenters. The topological polar surface area (TPSA) is 108 Å². The summed E-state index contributed by atoms with van der Waals surface area (Å²) in [6.07, 6.45) is -0.884. The molecule has 0 spiro atoms. The van der Waals surface area contributed by atoms with E-state index in [4.69, 9.17) is 10.6 Å². The maximum Gasteiger partial charge on any atom is 0.110 e. The maximum absolute atomic E-state index is 9.81. The molecule has 0 aliphatic rings. The van der Waals surface area contributed by atoms with Gasteiger partial charge in [0.2, 0.25) is 0 Å². The van der Waals surface area contributed by atoms with Crippen LogP contribution in [0.3, 0.4) is 0 Å². The van der Waals surface area contributed by atoms with Gasteiger partial charge in [-0.1, -0.05) is 20.8 Å². The van der Waals surface area contributed by atoms with Crippen molar-refractivity contribution in [2.45, 2.75) is 78.3 Å². The van der Waals surface area contributed by atoms with Gasteiger partial charge in [0.15, 0.2) is 0 Å². The Morgan fingerprint density at radius 1 is 1.09 bits per heavy atom. The summed E-state index contributed by atoms with van der Waals surface area (Å²) in [4.78, 5) is 5.33. The van der Waals surface area contributed by atoms with E-state index in [9.17, 15) is 15.3 Å². The van der Waals surface area contributed by atoms with Crippen LogP contribution in [0.2, 0.25) is 0 Å². The number of nitrogens with one attached hydrogen (secondary N) is 1. The molecule has 6 heteroatoms. The molecule has 0 aliphatic heterocycles. The Balaban J connectivity index is 4.00. The second-order valence-corrected chi connectivity index (χ2v) is 7.24. The summed E-state index contributed by atoms with van der Waals surface area (Å²) in [5, 5.41) is 28.6. The minimum Gasteiger partial charge on any atom is -0.391 e. The van der Waals surface area contributed by atoms with Gasteiger partial charge in [0.05, 0.1) is 6.10 Å². The molecular formula is C16H36N2O4. The normalized spacial score (nSPS) is 19.5. The molecule has 0 radical (unpaired) electrons. The van der Waals surface area contributed by atoms with Gasteiger partial charge in [-0.3, -0.25) is 4.84 Å². The van der Waals surface area contributed by atoms with Crippen LogP contribution < -0.4 is 11.2 Å². The Kier molecular flexibility index (Phi) is 10.4. The van der Waals surface area contributed by atoms with Crippen molar-refractivity contribution in [2.75, 3.05) is 13.1 Å². The van der Waals surface area contributed by atoms with Gasteiger partial charge in [-0.2, -0.15) is 0 Å². The Bertz CT molecular complexity index is 287. The molecular weight excluding hydrogens is 284 g/mol. The lowest BCUT2D eigenvalue weighted by atomic mass is 9.80. The van der Waals surface area contributed by atoms with E-state index < -0.39 is 24.4 Å². The summed E-state index contributed by atoms with van der Waals surface area (Å²) in [7, 11) is 0. The third-order valence-electron chi connectivity index (χ3n) is 4.06. The first-order chi connectivity index (χ1) is 10.1. The first-order valence-electron chi connectivity index (χ1n) is 8.23. The number of rotatable bonds is 12. The molecule has 4 unspecified atom stereocenters. The Morgan fingerprint density at radius 2 is 1.68 bits per heavy atom. The quantitative estimate of drug-likeness (QED) is 0.269. The van der Waals surface area contributed by atoms with Crippen LogP contribution in [0.1, 0.15) is 53.9 Å². The molecule has 0 saturated carbocycles. The fourth-order valence-electron chi connectivity index (χ4n) is 2.64. The molecule has 0 aromatic carbocycles. The van der Waals surface area contributed by atoms with Crippen molar-refractivity contribution in [3.8, 4) is 0 Å². The Morgan fingerprint density at radius 3 is 2.18 bits per heavy atom. The van der Waals surface area contributed by atoms with Crippen molar-refractivity contribution in [3.05, 3.63) is 0 Å². The first-order valence-corrected chi connectivity index (χ1v) is 8.23.